The molecule has 0 saturated carbocycles. The summed E-state index contributed by atoms with van der Waals surface area (Å²) in [7, 11) is 1.69. The second-order valence-corrected chi connectivity index (χ2v) is 5.32. The molecule has 0 aliphatic carbocycles. The van der Waals surface area contributed by atoms with Gasteiger partial charge in [0.1, 0.15) is 0 Å². The number of thioether (sulfide) groups is 1. The molecule has 0 rings (SSSR count). The van der Waals surface area contributed by atoms with E-state index in [2.05, 4.69) is 20.8 Å². The van der Waals surface area contributed by atoms with E-state index in [1.165, 1.54) is 5.75 Å². The average Bonchev–Trinajstić information content (AvgIpc) is 2.01. The molecule has 0 amide bonds. The van der Waals surface area contributed by atoms with Crippen LogP contribution in [-0.4, -0.2) is 38.4 Å². The van der Waals surface area contributed by atoms with Crippen LogP contribution in [0.15, 0.2) is 0 Å². The van der Waals surface area contributed by atoms with Crippen LogP contribution < -0.4 is 0 Å². The highest BCUT2D eigenvalue weighted by atomic mass is 32.2. The van der Waals surface area contributed by atoms with Gasteiger partial charge in [0.2, 0.25) is 0 Å². The largest absolute Gasteiger partial charge is 0.382 e. The van der Waals surface area contributed by atoms with Crippen molar-refractivity contribution in [2.45, 2.75) is 20.8 Å². The second-order valence-electron chi connectivity index (χ2n) is 4.22. The zero-order valence-corrected chi connectivity index (χ0v) is 10.1. The standard InChI is InChI=1S/C10H22O2S/c1-10(2,3)9-13-8-7-12-6-5-11-4/h5-9H2,1-4H3. The lowest BCUT2D eigenvalue weighted by Crippen LogP contribution is -2.10. The van der Waals surface area contributed by atoms with E-state index in [-0.39, 0.29) is 0 Å². The summed E-state index contributed by atoms with van der Waals surface area (Å²) in [6.45, 7) is 9.02. The lowest BCUT2D eigenvalue weighted by atomic mass is 10.0. The molecule has 0 aliphatic heterocycles. The number of ether oxygens (including phenoxy) is 2. The minimum absolute atomic E-state index is 0.428. The Kier molecular flexibility index (Phi) is 7.81. The summed E-state index contributed by atoms with van der Waals surface area (Å²) >= 11 is 1.95. The maximum absolute atomic E-state index is 5.34. The van der Waals surface area contributed by atoms with Crippen molar-refractivity contribution < 1.29 is 9.47 Å². The van der Waals surface area contributed by atoms with Crippen molar-refractivity contribution in [2.24, 2.45) is 5.41 Å². The van der Waals surface area contributed by atoms with Gasteiger partial charge in [0.15, 0.2) is 0 Å². The Morgan fingerprint density at radius 1 is 1.08 bits per heavy atom. The zero-order chi connectivity index (χ0) is 10.2. The van der Waals surface area contributed by atoms with E-state index in [0.717, 1.165) is 12.4 Å². The SMILES string of the molecule is COCCOCCSCC(C)(C)C. The molecule has 2 nitrogen and oxygen atoms in total. The van der Waals surface area contributed by atoms with Crippen LogP contribution in [0.1, 0.15) is 20.8 Å². The molecule has 0 radical (unpaired) electrons. The fourth-order valence-electron chi connectivity index (χ4n) is 0.741. The molecule has 0 saturated heterocycles. The van der Waals surface area contributed by atoms with Crippen molar-refractivity contribution in [1.82, 2.24) is 0 Å². The van der Waals surface area contributed by atoms with Gasteiger partial charge in [-0.25, -0.2) is 0 Å². The molecule has 0 unspecified atom stereocenters. The van der Waals surface area contributed by atoms with E-state index in [0.29, 0.717) is 18.6 Å². The molecule has 0 N–H and O–H groups in total. The highest BCUT2D eigenvalue weighted by molar-refractivity contribution is 7.99. The van der Waals surface area contributed by atoms with Gasteiger partial charge in [0.25, 0.3) is 0 Å². The summed E-state index contributed by atoms with van der Waals surface area (Å²) in [5.74, 6) is 2.28. The van der Waals surface area contributed by atoms with E-state index < -0.39 is 0 Å². The van der Waals surface area contributed by atoms with Crippen molar-refractivity contribution >= 4 is 11.8 Å². The van der Waals surface area contributed by atoms with E-state index >= 15 is 0 Å². The maximum atomic E-state index is 5.34. The summed E-state index contributed by atoms with van der Waals surface area (Å²) in [5, 5.41) is 0. The first-order valence-electron chi connectivity index (χ1n) is 4.71. The molecule has 0 aliphatic rings. The van der Waals surface area contributed by atoms with Crippen molar-refractivity contribution in [1.29, 1.82) is 0 Å². The van der Waals surface area contributed by atoms with Crippen molar-refractivity contribution in [3.05, 3.63) is 0 Å². The average molecular weight is 206 g/mol. The fraction of sp³-hybridized carbons (Fsp3) is 1.00. The molecule has 0 aromatic carbocycles. The third-order valence-electron chi connectivity index (χ3n) is 1.34. The van der Waals surface area contributed by atoms with Crippen LogP contribution in [0.5, 0.6) is 0 Å². The molecule has 0 atom stereocenters. The van der Waals surface area contributed by atoms with Crippen LogP contribution >= 0.6 is 11.8 Å². The first kappa shape index (κ1) is 13.3. The highest BCUT2D eigenvalue weighted by Gasteiger charge is 2.08. The molecule has 0 heterocycles. The highest BCUT2D eigenvalue weighted by Crippen LogP contribution is 2.19. The van der Waals surface area contributed by atoms with Gasteiger partial charge in [-0.05, 0) is 11.2 Å². The molecule has 3 heteroatoms. The van der Waals surface area contributed by atoms with Crippen LogP contribution in [0.25, 0.3) is 0 Å². The number of hydrogen-bond acceptors (Lipinski definition) is 3. The molecule has 13 heavy (non-hydrogen) atoms. The molecule has 0 aromatic heterocycles. The van der Waals surface area contributed by atoms with Gasteiger partial charge in [-0.2, -0.15) is 11.8 Å². The Hall–Kier alpha value is 0.270. The summed E-state index contributed by atoms with van der Waals surface area (Å²) < 4.78 is 10.2. The Bertz CT molecular complexity index is 110. The molecule has 80 valence electrons. The summed E-state index contributed by atoms with van der Waals surface area (Å²) in [4.78, 5) is 0. The molecule has 0 bridgehead atoms. The minimum Gasteiger partial charge on any atom is -0.382 e. The topological polar surface area (TPSA) is 18.5 Å². The summed E-state index contributed by atoms with van der Waals surface area (Å²) in [6, 6.07) is 0. The van der Waals surface area contributed by atoms with Crippen LogP contribution in [0.3, 0.4) is 0 Å². The van der Waals surface area contributed by atoms with E-state index in [9.17, 15) is 0 Å². The Morgan fingerprint density at radius 3 is 2.31 bits per heavy atom. The first-order chi connectivity index (χ1) is 6.06. The smallest absolute Gasteiger partial charge is 0.0700 e. The molecular formula is C10H22O2S. The molecular weight excluding hydrogens is 184 g/mol. The lowest BCUT2D eigenvalue weighted by Gasteiger charge is -2.16. The number of rotatable bonds is 7. The van der Waals surface area contributed by atoms with Crippen LogP contribution in [0.2, 0.25) is 0 Å². The normalized spacial score (nSPS) is 12.0. The lowest BCUT2D eigenvalue weighted by molar-refractivity contribution is 0.0790. The molecule has 0 aromatic rings. The fourth-order valence-corrected chi connectivity index (χ4v) is 1.73. The van der Waals surface area contributed by atoms with Gasteiger partial charge in [-0.3, -0.25) is 0 Å². The van der Waals surface area contributed by atoms with Crippen molar-refractivity contribution in [2.75, 3.05) is 38.4 Å². The first-order valence-corrected chi connectivity index (χ1v) is 5.86. The quantitative estimate of drug-likeness (QED) is 0.596. The molecule has 0 fully saturated rings. The number of hydrogen-bond donors (Lipinski definition) is 0. The monoisotopic (exact) mass is 206 g/mol. The van der Waals surface area contributed by atoms with E-state index in [4.69, 9.17) is 9.47 Å². The van der Waals surface area contributed by atoms with Crippen molar-refractivity contribution in [3.63, 3.8) is 0 Å². The second kappa shape index (κ2) is 7.65. The van der Waals surface area contributed by atoms with E-state index in [1.807, 2.05) is 11.8 Å². The Morgan fingerprint density at radius 2 is 1.77 bits per heavy atom. The zero-order valence-electron chi connectivity index (χ0n) is 9.26. The maximum Gasteiger partial charge on any atom is 0.0700 e. The van der Waals surface area contributed by atoms with Gasteiger partial charge in [-0.1, -0.05) is 20.8 Å². The van der Waals surface area contributed by atoms with Gasteiger partial charge < -0.3 is 9.47 Å². The van der Waals surface area contributed by atoms with E-state index in [1.54, 1.807) is 7.11 Å². The summed E-state index contributed by atoms with van der Waals surface area (Å²) in [6.07, 6.45) is 0. The van der Waals surface area contributed by atoms with Gasteiger partial charge >= 0.3 is 0 Å². The number of methoxy groups -OCH3 is 1. The summed E-state index contributed by atoms with van der Waals surface area (Å²) in [5.41, 5.74) is 0.428. The van der Waals surface area contributed by atoms with Crippen LogP contribution in [-0.2, 0) is 9.47 Å². The van der Waals surface area contributed by atoms with Crippen LogP contribution in [0, 0.1) is 5.41 Å². The predicted molar refractivity (Wildman–Crippen MR) is 59.5 cm³/mol. The van der Waals surface area contributed by atoms with Gasteiger partial charge in [-0.15, -0.1) is 0 Å². The van der Waals surface area contributed by atoms with Gasteiger partial charge in [0, 0.05) is 12.9 Å². The third kappa shape index (κ3) is 12.3. The van der Waals surface area contributed by atoms with Crippen LogP contribution in [0.4, 0.5) is 0 Å². The Labute approximate surface area is 86.4 Å². The van der Waals surface area contributed by atoms with Crippen molar-refractivity contribution in [3.8, 4) is 0 Å². The minimum atomic E-state index is 0.428. The predicted octanol–water partition coefficient (Wildman–Crippen LogP) is 2.43. The van der Waals surface area contributed by atoms with Gasteiger partial charge in [0.05, 0.1) is 19.8 Å². The molecule has 0 spiro atoms. The third-order valence-corrected chi connectivity index (χ3v) is 2.86. The Balaban J connectivity index is 3.00.